The van der Waals surface area contributed by atoms with Gasteiger partial charge in [0, 0.05) is 37.8 Å². The SMILES string of the molecule is CN=C(NCc1cccc([N+](=O)[O-])c1)NCc1ccccc1OC(F)F.I. The monoisotopic (exact) mass is 492 g/mol. The van der Waals surface area contributed by atoms with Crippen LogP contribution in [0.4, 0.5) is 14.5 Å². The van der Waals surface area contributed by atoms with E-state index in [1.165, 1.54) is 18.2 Å². The van der Waals surface area contributed by atoms with Crippen molar-refractivity contribution in [3.05, 3.63) is 69.8 Å². The van der Waals surface area contributed by atoms with E-state index >= 15 is 0 Å². The second-order valence-corrected chi connectivity index (χ2v) is 5.19. The van der Waals surface area contributed by atoms with Gasteiger partial charge in [-0.3, -0.25) is 15.1 Å². The summed E-state index contributed by atoms with van der Waals surface area (Å²) in [4.78, 5) is 14.4. The molecule has 0 unspecified atom stereocenters. The fourth-order valence-corrected chi connectivity index (χ4v) is 2.23. The lowest BCUT2D eigenvalue weighted by atomic mass is 10.2. The first kappa shape index (κ1) is 22.5. The molecule has 2 N–H and O–H groups in total. The number of nitro benzene ring substituents is 1. The molecule has 0 amide bonds. The molecule has 0 heterocycles. The van der Waals surface area contributed by atoms with Gasteiger partial charge >= 0.3 is 6.61 Å². The van der Waals surface area contributed by atoms with Crippen LogP contribution < -0.4 is 15.4 Å². The predicted octanol–water partition coefficient (Wildman–Crippen LogP) is 3.68. The molecule has 0 fully saturated rings. The number of nitrogens with one attached hydrogen (secondary N) is 2. The van der Waals surface area contributed by atoms with Gasteiger partial charge in [0.25, 0.3) is 5.69 Å². The van der Waals surface area contributed by atoms with Crippen LogP contribution in [0, 0.1) is 10.1 Å². The van der Waals surface area contributed by atoms with Crippen molar-refractivity contribution in [2.75, 3.05) is 7.05 Å². The number of ether oxygens (including phenoxy) is 1. The predicted molar refractivity (Wildman–Crippen MR) is 109 cm³/mol. The maximum absolute atomic E-state index is 12.4. The van der Waals surface area contributed by atoms with Gasteiger partial charge in [-0.1, -0.05) is 30.3 Å². The quantitative estimate of drug-likeness (QED) is 0.203. The van der Waals surface area contributed by atoms with Crippen molar-refractivity contribution in [3.8, 4) is 5.75 Å². The van der Waals surface area contributed by atoms with E-state index in [1.54, 1.807) is 37.4 Å². The van der Waals surface area contributed by atoms with Gasteiger partial charge in [0.15, 0.2) is 5.96 Å². The van der Waals surface area contributed by atoms with Crippen molar-refractivity contribution < 1.29 is 18.4 Å². The summed E-state index contributed by atoms with van der Waals surface area (Å²) in [7, 11) is 1.56. The number of halogens is 3. The number of hydrogen-bond acceptors (Lipinski definition) is 4. The minimum absolute atomic E-state index is 0. The summed E-state index contributed by atoms with van der Waals surface area (Å²) >= 11 is 0. The lowest BCUT2D eigenvalue weighted by Crippen LogP contribution is -2.36. The maximum atomic E-state index is 12.4. The third-order valence-electron chi connectivity index (χ3n) is 3.44. The molecule has 0 aliphatic rings. The maximum Gasteiger partial charge on any atom is 0.387 e. The Bertz CT molecular complexity index is 790. The molecule has 0 spiro atoms. The third-order valence-corrected chi connectivity index (χ3v) is 3.44. The average molecular weight is 492 g/mol. The molecule has 2 rings (SSSR count). The Morgan fingerprint density at radius 1 is 1.19 bits per heavy atom. The summed E-state index contributed by atoms with van der Waals surface area (Å²) in [5.41, 5.74) is 1.26. The van der Waals surface area contributed by atoms with Gasteiger partial charge in [-0.05, 0) is 11.6 Å². The van der Waals surface area contributed by atoms with Crippen molar-refractivity contribution in [3.63, 3.8) is 0 Å². The fourth-order valence-electron chi connectivity index (χ4n) is 2.23. The molecule has 0 bridgehead atoms. The molecule has 0 saturated heterocycles. The average Bonchev–Trinajstić information content (AvgIpc) is 2.63. The number of guanidine groups is 1. The summed E-state index contributed by atoms with van der Waals surface area (Å²) < 4.78 is 29.4. The van der Waals surface area contributed by atoms with Crippen molar-refractivity contribution in [2.24, 2.45) is 4.99 Å². The van der Waals surface area contributed by atoms with Gasteiger partial charge in [0.1, 0.15) is 5.75 Å². The largest absolute Gasteiger partial charge is 0.434 e. The second-order valence-electron chi connectivity index (χ2n) is 5.19. The van der Waals surface area contributed by atoms with Crippen molar-refractivity contribution in [1.29, 1.82) is 0 Å². The standard InChI is InChI=1S/C17H18F2N4O3.HI/c1-20-17(21-10-12-5-4-7-14(9-12)23(24)25)22-11-13-6-2-3-8-15(13)26-16(18)19;/h2-9,16H,10-11H2,1H3,(H2,20,21,22);1H. The lowest BCUT2D eigenvalue weighted by molar-refractivity contribution is -0.384. The number of aliphatic imine (C=N–C) groups is 1. The zero-order chi connectivity index (χ0) is 18.9. The van der Waals surface area contributed by atoms with Gasteiger partial charge in [0.05, 0.1) is 4.92 Å². The first-order chi connectivity index (χ1) is 12.5. The van der Waals surface area contributed by atoms with Crippen LogP contribution in [0.1, 0.15) is 11.1 Å². The number of hydrogen-bond donors (Lipinski definition) is 2. The highest BCUT2D eigenvalue weighted by atomic mass is 127. The van der Waals surface area contributed by atoms with Crippen LogP contribution in [-0.4, -0.2) is 24.5 Å². The Balaban J connectivity index is 0.00000364. The number of para-hydroxylation sites is 1. The first-order valence-corrected chi connectivity index (χ1v) is 7.70. The van der Waals surface area contributed by atoms with Crippen LogP contribution in [-0.2, 0) is 13.1 Å². The number of nitro groups is 1. The van der Waals surface area contributed by atoms with Crippen molar-refractivity contribution >= 4 is 35.6 Å². The molecule has 0 aliphatic carbocycles. The van der Waals surface area contributed by atoms with Gasteiger partial charge < -0.3 is 15.4 Å². The van der Waals surface area contributed by atoms with Crippen LogP contribution in [0.2, 0.25) is 0 Å². The van der Waals surface area contributed by atoms with Crippen molar-refractivity contribution in [1.82, 2.24) is 10.6 Å². The molecule has 0 radical (unpaired) electrons. The van der Waals surface area contributed by atoms with Crippen molar-refractivity contribution in [2.45, 2.75) is 19.7 Å². The third kappa shape index (κ3) is 7.33. The van der Waals surface area contributed by atoms with Gasteiger partial charge in [-0.15, -0.1) is 24.0 Å². The van der Waals surface area contributed by atoms with Crippen LogP contribution >= 0.6 is 24.0 Å². The van der Waals surface area contributed by atoms with Crippen LogP contribution in [0.3, 0.4) is 0 Å². The summed E-state index contributed by atoms with van der Waals surface area (Å²) in [6.45, 7) is -2.36. The summed E-state index contributed by atoms with van der Waals surface area (Å²) in [6.07, 6.45) is 0. The minimum Gasteiger partial charge on any atom is -0.434 e. The molecule has 146 valence electrons. The molecule has 0 aliphatic heterocycles. The second kappa shape index (κ2) is 11.3. The van der Waals surface area contributed by atoms with E-state index in [4.69, 9.17) is 0 Å². The van der Waals surface area contributed by atoms with Gasteiger partial charge in [-0.2, -0.15) is 8.78 Å². The number of benzene rings is 2. The van der Waals surface area contributed by atoms with E-state index in [9.17, 15) is 18.9 Å². The fraction of sp³-hybridized carbons (Fsp3) is 0.235. The Labute approximate surface area is 172 Å². The number of non-ortho nitro benzene ring substituents is 1. The number of rotatable bonds is 7. The molecule has 27 heavy (non-hydrogen) atoms. The van der Waals surface area contributed by atoms with E-state index in [1.807, 2.05) is 0 Å². The summed E-state index contributed by atoms with van der Waals surface area (Å²) in [5, 5.41) is 16.8. The summed E-state index contributed by atoms with van der Waals surface area (Å²) in [5.74, 6) is 0.507. The number of nitrogens with zero attached hydrogens (tertiary/aromatic N) is 2. The molecule has 10 heteroatoms. The highest BCUT2D eigenvalue weighted by Crippen LogP contribution is 2.20. The van der Waals surface area contributed by atoms with E-state index in [0.29, 0.717) is 23.6 Å². The Hall–Kier alpha value is -2.50. The Kier molecular flexibility index (Phi) is 9.40. The zero-order valence-electron chi connectivity index (χ0n) is 14.4. The Morgan fingerprint density at radius 2 is 1.89 bits per heavy atom. The molecule has 0 atom stereocenters. The van der Waals surface area contributed by atoms with Crippen LogP contribution in [0.15, 0.2) is 53.5 Å². The zero-order valence-corrected chi connectivity index (χ0v) is 16.7. The van der Waals surface area contributed by atoms with Gasteiger partial charge in [-0.25, -0.2) is 0 Å². The molecular weight excluding hydrogens is 473 g/mol. The highest BCUT2D eigenvalue weighted by Gasteiger charge is 2.10. The van der Waals surface area contributed by atoms with Crippen LogP contribution in [0.5, 0.6) is 5.75 Å². The Morgan fingerprint density at radius 3 is 2.56 bits per heavy atom. The molecule has 0 aromatic heterocycles. The van der Waals surface area contributed by atoms with Crippen LogP contribution in [0.25, 0.3) is 0 Å². The summed E-state index contributed by atoms with van der Waals surface area (Å²) in [6, 6.07) is 12.7. The van der Waals surface area contributed by atoms with E-state index in [2.05, 4.69) is 20.4 Å². The van der Waals surface area contributed by atoms with E-state index in [0.717, 1.165) is 0 Å². The lowest BCUT2D eigenvalue weighted by Gasteiger charge is -2.14. The highest BCUT2D eigenvalue weighted by molar-refractivity contribution is 14.0. The molecular formula is C17H19F2IN4O3. The number of alkyl halides is 2. The topological polar surface area (TPSA) is 88.8 Å². The van der Waals surface area contributed by atoms with Gasteiger partial charge in [0.2, 0.25) is 0 Å². The molecule has 0 saturated carbocycles. The molecule has 2 aromatic carbocycles. The van der Waals surface area contributed by atoms with E-state index in [-0.39, 0.29) is 42.0 Å². The minimum atomic E-state index is -2.90. The smallest absolute Gasteiger partial charge is 0.387 e. The normalized spacial score (nSPS) is 10.9. The molecule has 2 aromatic rings. The molecule has 7 nitrogen and oxygen atoms in total. The first-order valence-electron chi connectivity index (χ1n) is 7.70. The van der Waals surface area contributed by atoms with E-state index < -0.39 is 11.5 Å².